The first-order valence-corrected chi connectivity index (χ1v) is 5.80. The van der Waals surface area contributed by atoms with E-state index in [0.29, 0.717) is 11.3 Å². The van der Waals surface area contributed by atoms with Gasteiger partial charge < -0.3 is 9.64 Å². The molecule has 17 heavy (non-hydrogen) atoms. The van der Waals surface area contributed by atoms with Gasteiger partial charge in [-0.2, -0.15) is 0 Å². The van der Waals surface area contributed by atoms with Crippen LogP contribution >= 0.6 is 12.2 Å². The Morgan fingerprint density at radius 1 is 1.41 bits per heavy atom. The van der Waals surface area contributed by atoms with Crippen LogP contribution in [0.5, 0.6) is 5.75 Å². The molecule has 0 atom stereocenters. The van der Waals surface area contributed by atoms with E-state index < -0.39 is 0 Å². The SMILES string of the molecule is COc1cc2c(cc1C=O)C(C)(C)C(=S)N2C. The van der Waals surface area contributed by atoms with E-state index in [9.17, 15) is 4.79 Å². The fourth-order valence-corrected chi connectivity index (χ4v) is 2.48. The van der Waals surface area contributed by atoms with Crippen molar-refractivity contribution in [1.82, 2.24) is 0 Å². The van der Waals surface area contributed by atoms with Crippen LogP contribution in [0.4, 0.5) is 5.69 Å². The number of carbonyl (C=O) groups excluding carboxylic acids is 1. The van der Waals surface area contributed by atoms with E-state index in [0.717, 1.165) is 22.5 Å². The number of benzene rings is 1. The van der Waals surface area contributed by atoms with Crippen LogP contribution in [-0.2, 0) is 5.41 Å². The van der Waals surface area contributed by atoms with Gasteiger partial charge in [0.2, 0.25) is 0 Å². The summed E-state index contributed by atoms with van der Waals surface area (Å²) in [5.74, 6) is 0.589. The number of fused-ring (bicyclic) bond motifs is 1. The Balaban J connectivity index is 2.71. The zero-order valence-corrected chi connectivity index (χ0v) is 11.2. The smallest absolute Gasteiger partial charge is 0.153 e. The highest BCUT2D eigenvalue weighted by atomic mass is 32.1. The predicted octanol–water partition coefficient (Wildman–Crippen LogP) is 2.56. The summed E-state index contributed by atoms with van der Waals surface area (Å²) in [4.78, 5) is 13.9. The second-order valence-corrected chi connectivity index (χ2v) is 5.11. The molecule has 1 aliphatic rings. The molecule has 3 nitrogen and oxygen atoms in total. The van der Waals surface area contributed by atoms with E-state index in [-0.39, 0.29) is 5.41 Å². The van der Waals surface area contributed by atoms with Crippen LogP contribution in [0.25, 0.3) is 0 Å². The van der Waals surface area contributed by atoms with Gasteiger partial charge in [0.1, 0.15) is 5.75 Å². The third-order valence-electron chi connectivity index (χ3n) is 3.35. The maximum Gasteiger partial charge on any atom is 0.153 e. The van der Waals surface area contributed by atoms with E-state index in [1.165, 1.54) is 0 Å². The molecular weight excluding hydrogens is 234 g/mol. The molecule has 0 bridgehead atoms. The average Bonchev–Trinajstić information content (AvgIpc) is 2.49. The lowest BCUT2D eigenvalue weighted by atomic mass is 9.86. The molecule has 1 aliphatic heterocycles. The zero-order valence-electron chi connectivity index (χ0n) is 10.4. The zero-order chi connectivity index (χ0) is 12.8. The maximum absolute atomic E-state index is 11.0. The van der Waals surface area contributed by atoms with Gasteiger partial charge in [-0.05, 0) is 25.5 Å². The van der Waals surface area contributed by atoms with Crippen LogP contribution in [-0.4, -0.2) is 25.4 Å². The number of methoxy groups -OCH3 is 1. The molecule has 90 valence electrons. The van der Waals surface area contributed by atoms with Crippen molar-refractivity contribution >= 4 is 29.2 Å². The van der Waals surface area contributed by atoms with Crippen LogP contribution in [0.3, 0.4) is 0 Å². The monoisotopic (exact) mass is 249 g/mol. The minimum absolute atomic E-state index is 0.219. The lowest BCUT2D eigenvalue weighted by Crippen LogP contribution is -2.31. The Labute approximate surface area is 106 Å². The molecular formula is C13H15NO2S. The Kier molecular flexibility index (Phi) is 2.70. The van der Waals surface area contributed by atoms with Gasteiger partial charge >= 0.3 is 0 Å². The molecule has 0 saturated carbocycles. The number of thiocarbonyl (C=S) groups is 1. The van der Waals surface area contributed by atoms with Crippen molar-refractivity contribution in [2.24, 2.45) is 0 Å². The van der Waals surface area contributed by atoms with Crippen LogP contribution in [0, 0.1) is 0 Å². The van der Waals surface area contributed by atoms with Gasteiger partial charge in [-0.1, -0.05) is 12.2 Å². The number of hydrogen-bond donors (Lipinski definition) is 0. The molecule has 2 rings (SSSR count). The first-order valence-electron chi connectivity index (χ1n) is 5.39. The summed E-state index contributed by atoms with van der Waals surface area (Å²) in [7, 11) is 3.50. The Hall–Kier alpha value is -1.42. The van der Waals surface area contributed by atoms with Crippen molar-refractivity contribution < 1.29 is 9.53 Å². The summed E-state index contributed by atoms with van der Waals surface area (Å²) < 4.78 is 5.21. The molecule has 0 aromatic heterocycles. The van der Waals surface area contributed by atoms with Crippen molar-refractivity contribution in [3.63, 3.8) is 0 Å². The van der Waals surface area contributed by atoms with Gasteiger partial charge in [0, 0.05) is 24.2 Å². The summed E-state index contributed by atoms with van der Waals surface area (Å²) in [6.07, 6.45) is 0.816. The van der Waals surface area contributed by atoms with Crippen molar-refractivity contribution in [2.75, 3.05) is 19.1 Å². The summed E-state index contributed by atoms with van der Waals surface area (Å²) in [5, 5.41) is 0. The first kappa shape index (κ1) is 12.0. The van der Waals surface area contributed by atoms with Gasteiger partial charge in [0.05, 0.1) is 17.7 Å². The second-order valence-electron chi connectivity index (χ2n) is 4.72. The summed E-state index contributed by atoms with van der Waals surface area (Å²) in [6.45, 7) is 4.14. The predicted molar refractivity (Wildman–Crippen MR) is 72.4 cm³/mol. The average molecular weight is 249 g/mol. The van der Waals surface area contributed by atoms with Crippen molar-refractivity contribution in [3.05, 3.63) is 23.3 Å². The number of rotatable bonds is 2. The quantitative estimate of drug-likeness (QED) is 0.595. The maximum atomic E-state index is 11.0. The second kappa shape index (κ2) is 3.81. The molecule has 0 unspecified atom stereocenters. The van der Waals surface area contributed by atoms with Crippen molar-refractivity contribution in [2.45, 2.75) is 19.3 Å². The molecule has 4 heteroatoms. The van der Waals surface area contributed by atoms with E-state index in [1.807, 2.05) is 24.1 Å². The highest BCUT2D eigenvalue weighted by molar-refractivity contribution is 7.80. The number of nitrogens with zero attached hydrogens (tertiary/aromatic N) is 1. The molecule has 0 radical (unpaired) electrons. The highest BCUT2D eigenvalue weighted by Crippen LogP contribution is 2.44. The Bertz CT molecular complexity index is 508. The Morgan fingerprint density at radius 3 is 2.59 bits per heavy atom. The summed E-state index contributed by atoms with van der Waals surface area (Å²) in [5.41, 5.74) is 2.44. The lowest BCUT2D eigenvalue weighted by Gasteiger charge is -2.20. The van der Waals surface area contributed by atoms with Crippen LogP contribution in [0.15, 0.2) is 12.1 Å². The van der Waals surface area contributed by atoms with Gasteiger partial charge in [-0.3, -0.25) is 4.79 Å². The van der Waals surface area contributed by atoms with Gasteiger partial charge in [0.15, 0.2) is 6.29 Å². The standard InChI is InChI=1S/C13H15NO2S/c1-13(2)9-5-8(7-15)11(16-4)6-10(9)14(3)12(13)17/h5-7H,1-4H3. The molecule has 0 amide bonds. The molecule has 1 aromatic carbocycles. The number of anilines is 1. The topological polar surface area (TPSA) is 29.5 Å². The molecule has 0 saturated heterocycles. The molecule has 0 N–H and O–H groups in total. The van der Waals surface area contributed by atoms with Crippen LogP contribution in [0.1, 0.15) is 29.8 Å². The van der Waals surface area contributed by atoms with E-state index >= 15 is 0 Å². The molecule has 0 spiro atoms. The lowest BCUT2D eigenvalue weighted by molar-refractivity contribution is 0.112. The van der Waals surface area contributed by atoms with Crippen molar-refractivity contribution in [1.29, 1.82) is 0 Å². The minimum Gasteiger partial charge on any atom is -0.496 e. The van der Waals surface area contributed by atoms with E-state index in [4.69, 9.17) is 17.0 Å². The first-order chi connectivity index (χ1) is 7.93. The fourth-order valence-electron chi connectivity index (χ4n) is 2.28. The third-order valence-corrected chi connectivity index (χ3v) is 4.13. The highest BCUT2D eigenvalue weighted by Gasteiger charge is 2.39. The minimum atomic E-state index is -0.219. The molecule has 0 aliphatic carbocycles. The van der Waals surface area contributed by atoms with E-state index in [2.05, 4.69) is 13.8 Å². The number of carbonyl (C=O) groups is 1. The van der Waals surface area contributed by atoms with Gasteiger partial charge in [0.25, 0.3) is 0 Å². The largest absolute Gasteiger partial charge is 0.496 e. The van der Waals surface area contributed by atoms with Gasteiger partial charge in [-0.15, -0.1) is 0 Å². The summed E-state index contributed by atoms with van der Waals surface area (Å²) in [6, 6.07) is 3.75. The normalized spacial score (nSPS) is 16.9. The number of ether oxygens (including phenoxy) is 1. The number of hydrogen-bond acceptors (Lipinski definition) is 3. The molecule has 0 fully saturated rings. The summed E-state index contributed by atoms with van der Waals surface area (Å²) >= 11 is 5.44. The molecule has 1 aromatic rings. The third kappa shape index (κ3) is 1.55. The van der Waals surface area contributed by atoms with Crippen LogP contribution < -0.4 is 9.64 Å². The molecule has 1 heterocycles. The fraction of sp³-hybridized carbons (Fsp3) is 0.385. The Morgan fingerprint density at radius 2 is 2.06 bits per heavy atom. The van der Waals surface area contributed by atoms with E-state index in [1.54, 1.807) is 7.11 Å². The van der Waals surface area contributed by atoms with Crippen LogP contribution in [0.2, 0.25) is 0 Å². The van der Waals surface area contributed by atoms with Crippen molar-refractivity contribution in [3.8, 4) is 5.75 Å². The number of aldehydes is 1. The number of likely N-dealkylation sites (N-methyl/N-ethyl adjacent to an activating group) is 1. The van der Waals surface area contributed by atoms with Gasteiger partial charge in [-0.25, -0.2) is 0 Å².